The number of nitrogens with zero attached hydrogens (tertiary/aromatic N) is 2. The predicted molar refractivity (Wildman–Crippen MR) is 79.4 cm³/mol. The lowest BCUT2D eigenvalue weighted by Crippen LogP contribution is -2.37. The van der Waals surface area contributed by atoms with Gasteiger partial charge in [-0.05, 0) is 20.8 Å². The summed E-state index contributed by atoms with van der Waals surface area (Å²) in [6.45, 7) is 5.66. The van der Waals surface area contributed by atoms with Crippen LogP contribution in [0.2, 0.25) is 0 Å². The molecule has 0 aliphatic carbocycles. The fraction of sp³-hybridized carbons (Fsp3) is 0.615. The van der Waals surface area contributed by atoms with Gasteiger partial charge in [-0.25, -0.2) is 4.79 Å². The molecule has 0 saturated carbocycles. The van der Waals surface area contributed by atoms with Gasteiger partial charge in [0, 0.05) is 31.7 Å². The van der Waals surface area contributed by atoms with Crippen molar-refractivity contribution < 1.29 is 14.3 Å². The van der Waals surface area contributed by atoms with Gasteiger partial charge in [0.25, 0.3) is 5.91 Å². The SMILES string of the molecule is CC(C)(C)OC(=O)N(/C=C(/C#N)C(=O)NCCCl)CCN. The number of hydrogen-bond acceptors (Lipinski definition) is 5. The molecule has 7 nitrogen and oxygen atoms in total. The molecular formula is C13H21ClN4O3. The molecule has 0 radical (unpaired) electrons. The van der Waals surface area contributed by atoms with Crippen molar-refractivity contribution in [3.05, 3.63) is 11.8 Å². The molecule has 0 saturated heterocycles. The summed E-state index contributed by atoms with van der Waals surface area (Å²) in [5, 5.41) is 11.5. The molecule has 0 unspecified atom stereocenters. The molecule has 0 spiro atoms. The van der Waals surface area contributed by atoms with Gasteiger partial charge in [0.15, 0.2) is 0 Å². The molecule has 0 aromatic carbocycles. The first-order valence-electron chi connectivity index (χ1n) is 6.41. The highest BCUT2D eigenvalue weighted by molar-refractivity contribution is 6.18. The fourth-order valence-corrected chi connectivity index (χ4v) is 1.31. The van der Waals surface area contributed by atoms with Crippen molar-refractivity contribution in [2.75, 3.05) is 25.5 Å². The third kappa shape index (κ3) is 8.17. The number of nitrogens with one attached hydrogen (secondary N) is 1. The minimum Gasteiger partial charge on any atom is -0.443 e. The lowest BCUT2D eigenvalue weighted by atomic mass is 10.2. The Kier molecular flexibility index (Phi) is 8.43. The zero-order chi connectivity index (χ0) is 16.5. The second kappa shape index (κ2) is 9.21. The van der Waals surface area contributed by atoms with Crippen LogP contribution in [0.1, 0.15) is 20.8 Å². The third-order valence-electron chi connectivity index (χ3n) is 2.03. The first kappa shape index (κ1) is 19.2. The molecule has 21 heavy (non-hydrogen) atoms. The molecule has 0 rings (SSSR count). The summed E-state index contributed by atoms with van der Waals surface area (Å²) in [6, 6.07) is 1.73. The highest BCUT2D eigenvalue weighted by Gasteiger charge is 2.22. The number of alkyl halides is 1. The average molecular weight is 317 g/mol. The summed E-state index contributed by atoms with van der Waals surface area (Å²) in [7, 11) is 0. The number of halogens is 1. The van der Waals surface area contributed by atoms with E-state index in [1.54, 1.807) is 26.8 Å². The number of carbonyl (C=O) groups excluding carboxylic acids is 2. The summed E-state index contributed by atoms with van der Waals surface area (Å²) in [5.41, 5.74) is 4.51. The van der Waals surface area contributed by atoms with Crippen LogP contribution in [0.4, 0.5) is 4.79 Å². The molecule has 3 N–H and O–H groups in total. The molecule has 0 aromatic heterocycles. The fourth-order valence-electron chi connectivity index (χ4n) is 1.22. The summed E-state index contributed by atoms with van der Waals surface area (Å²) in [6.07, 6.45) is 0.454. The van der Waals surface area contributed by atoms with Gasteiger partial charge < -0.3 is 15.8 Å². The van der Waals surface area contributed by atoms with E-state index in [1.165, 1.54) is 0 Å². The van der Waals surface area contributed by atoms with Crippen molar-refractivity contribution in [1.82, 2.24) is 10.2 Å². The van der Waals surface area contributed by atoms with E-state index in [2.05, 4.69) is 5.32 Å². The number of nitriles is 1. The molecule has 0 aliphatic rings. The molecule has 0 aliphatic heterocycles. The smallest absolute Gasteiger partial charge is 0.414 e. The van der Waals surface area contributed by atoms with Gasteiger partial charge in [-0.2, -0.15) is 5.26 Å². The minimum absolute atomic E-state index is 0.128. The summed E-state index contributed by atoms with van der Waals surface area (Å²) >= 11 is 5.45. The van der Waals surface area contributed by atoms with Gasteiger partial charge >= 0.3 is 6.09 Å². The lowest BCUT2D eigenvalue weighted by Gasteiger charge is -2.25. The van der Waals surface area contributed by atoms with Crippen molar-refractivity contribution in [2.24, 2.45) is 5.73 Å². The lowest BCUT2D eigenvalue weighted by molar-refractivity contribution is -0.117. The van der Waals surface area contributed by atoms with Gasteiger partial charge in [-0.1, -0.05) is 0 Å². The van der Waals surface area contributed by atoms with E-state index in [-0.39, 0.29) is 31.1 Å². The summed E-state index contributed by atoms with van der Waals surface area (Å²) < 4.78 is 5.18. The first-order chi connectivity index (χ1) is 9.75. The van der Waals surface area contributed by atoms with E-state index < -0.39 is 17.6 Å². The number of rotatable bonds is 6. The number of amides is 2. The summed E-state index contributed by atoms with van der Waals surface area (Å²) in [4.78, 5) is 24.8. The maximum Gasteiger partial charge on any atom is 0.414 e. The maximum atomic E-state index is 12.0. The molecular weight excluding hydrogens is 296 g/mol. The maximum absolute atomic E-state index is 12.0. The van der Waals surface area contributed by atoms with E-state index in [9.17, 15) is 9.59 Å². The minimum atomic E-state index is -0.689. The topological polar surface area (TPSA) is 108 Å². The zero-order valence-corrected chi connectivity index (χ0v) is 13.2. The Bertz CT molecular complexity index is 438. The summed E-state index contributed by atoms with van der Waals surface area (Å²) in [5.74, 6) is -0.382. The Morgan fingerprint density at radius 1 is 1.48 bits per heavy atom. The van der Waals surface area contributed by atoms with Crippen LogP contribution in [-0.4, -0.2) is 48.0 Å². The van der Waals surface area contributed by atoms with Crippen LogP contribution in [0.25, 0.3) is 0 Å². The monoisotopic (exact) mass is 316 g/mol. The molecule has 2 amide bonds. The highest BCUT2D eigenvalue weighted by atomic mass is 35.5. The predicted octanol–water partition coefficient (Wildman–Crippen LogP) is 0.945. The van der Waals surface area contributed by atoms with Crippen LogP contribution in [0, 0.1) is 11.3 Å². The molecule has 0 atom stereocenters. The quantitative estimate of drug-likeness (QED) is 0.431. The van der Waals surface area contributed by atoms with Crippen LogP contribution in [0.5, 0.6) is 0 Å². The Hall–Kier alpha value is -1.78. The number of nitrogens with two attached hydrogens (primary N) is 1. The standard InChI is InChI=1S/C13H21ClN4O3/c1-13(2,3)21-12(20)18(7-5-15)9-10(8-16)11(19)17-6-4-14/h9H,4-7,15H2,1-3H3,(H,17,19)/b10-9-. The van der Waals surface area contributed by atoms with E-state index in [4.69, 9.17) is 27.3 Å². The van der Waals surface area contributed by atoms with Crippen molar-refractivity contribution >= 4 is 23.6 Å². The van der Waals surface area contributed by atoms with Gasteiger partial charge in [0.2, 0.25) is 0 Å². The van der Waals surface area contributed by atoms with Crippen LogP contribution < -0.4 is 11.1 Å². The van der Waals surface area contributed by atoms with Gasteiger partial charge in [0.05, 0.1) is 0 Å². The number of hydrogen-bond donors (Lipinski definition) is 2. The Labute approximate surface area is 129 Å². The molecule has 0 bridgehead atoms. The first-order valence-corrected chi connectivity index (χ1v) is 6.94. The van der Waals surface area contributed by atoms with Crippen molar-refractivity contribution in [3.63, 3.8) is 0 Å². The van der Waals surface area contributed by atoms with Crippen molar-refractivity contribution in [3.8, 4) is 6.07 Å². The normalized spacial score (nSPS) is 11.5. The Balaban J connectivity index is 5.09. The van der Waals surface area contributed by atoms with Gasteiger partial charge in [0.1, 0.15) is 17.2 Å². The molecule has 118 valence electrons. The van der Waals surface area contributed by atoms with Crippen LogP contribution in [0.15, 0.2) is 11.8 Å². The largest absolute Gasteiger partial charge is 0.443 e. The Morgan fingerprint density at radius 2 is 2.10 bits per heavy atom. The van der Waals surface area contributed by atoms with Crippen LogP contribution in [-0.2, 0) is 9.53 Å². The molecule has 8 heteroatoms. The van der Waals surface area contributed by atoms with Crippen molar-refractivity contribution in [1.29, 1.82) is 5.26 Å². The second-order valence-electron chi connectivity index (χ2n) is 5.06. The van der Waals surface area contributed by atoms with Crippen LogP contribution in [0.3, 0.4) is 0 Å². The third-order valence-corrected chi connectivity index (χ3v) is 2.22. The van der Waals surface area contributed by atoms with E-state index in [0.717, 1.165) is 11.1 Å². The zero-order valence-electron chi connectivity index (χ0n) is 12.5. The molecule has 0 heterocycles. The van der Waals surface area contributed by atoms with E-state index >= 15 is 0 Å². The average Bonchev–Trinajstić information content (AvgIpc) is 2.38. The van der Waals surface area contributed by atoms with E-state index in [0.29, 0.717) is 0 Å². The highest BCUT2D eigenvalue weighted by Crippen LogP contribution is 2.11. The molecule has 0 fully saturated rings. The number of ether oxygens (including phenoxy) is 1. The van der Waals surface area contributed by atoms with Crippen molar-refractivity contribution in [2.45, 2.75) is 26.4 Å². The van der Waals surface area contributed by atoms with E-state index in [1.807, 2.05) is 0 Å². The van der Waals surface area contributed by atoms with Gasteiger partial charge in [-0.3, -0.25) is 9.69 Å². The molecule has 0 aromatic rings. The number of carbonyl (C=O) groups is 2. The Morgan fingerprint density at radius 3 is 2.52 bits per heavy atom. The second-order valence-corrected chi connectivity index (χ2v) is 5.44. The van der Waals surface area contributed by atoms with Gasteiger partial charge in [-0.15, -0.1) is 11.6 Å². The van der Waals surface area contributed by atoms with Crippen LogP contribution >= 0.6 is 11.6 Å².